The molecular weight excluding hydrogens is 170 g/mol. The molecule has 0 aliphatic heterocycles. The van der Waals surface area contributed by atoms with Crippen molar-refractivity contribution in [2.45, 2.75) is 6.92 Å². The fourth-order valence-electron chi connectivity index (χ4n) is 0.564. The number of nitrogens with two attached hydrogens (primary N) is 1. The third kappa shape index (κ3) is 1.52. The molecule has 0 radical (unpaired) electrons. The van der Waals surface area contributed by atoms with Gasteiger partial charge in [-0.3, -0.25) is 0 Å². The van der Waals surface area contributed by atoms with E-state index < -0.39 is 0 Å². The van der Waals surface area contributed by atoms with Crippen LogP contribution in [0.1, 0.15) is 5.69 Å². The average molecular weight is 180 g/mol. The molecule has 0 bridgehead atoms. The van der Waals surface area contributed by atoms with Gasteiger partial charge in [0.2, 0.25) is 4.80 Å². The standard InChI is InChI=1S/C5H9N3S.ClH/c1-4-3-9-5(7-6)8(4)2;/h3H,6H2,1-2H3;1H/b7-5+;. The Morgan fingerprint density at radius 1 is 1.70 bits per heavy atom. The van der Waals surface area contributed by atoms with Crippen LogP contribution in [0.15, 0.2) is 10.5 Å². The van der Waals surface area contributed by atoms with Gasteiger partial charge in [0.05, 0.1) is 0 Å². The van der Waals surface area contributed by atoms with Gasteiger partial charge in [0, 0.05) is 18.1 Å². The molecule has 5 heteroatoms. The second-order valence-electron chi connectivity index (χ2n) is 1.85. The first-order valence-electron chi connectivity index (χ1n) is 2.60. The van der Waals surface area contributed by atoms with Crippen molar-refractivity contribution in [3.63, 3.8) is 0 Å². The van der Waals surface area contributed by atoms with Crippen molar-refractivity contribution in [1.82, 2.24) is 4.57 Å². The van der Waals surface area contributed by atoms with Crippen molar-refractivity contribution in [2.24, 2.45) is 18.0 Å². The van der Waals surface area contributed by atoms with Crippen molar-refractivity contribution >= 4 is 23.7 Å². The van der Waals surface area contributed by atoms with E-state index in [1.807, 2.05) is 23.9 Å². The third-order valence-corrected chi connectivity index (χ3v) is 2.31. The molecule has 0 unspecified atom stereocenters. The van der Waals surface area contributed by atoms with Gasteiger partial charge in [0.15, 0.2) is 0 Å². The molecule has 0 aliphatic rings. The second kappa shape index (κ2) is 3.63. The summed E-state index contributed by atoms with van der Waals surface area (Å²) in [6.45, 7) is 2.02. The third-order valence-electron chi connectivity index (χ3n) is 1.26. The maximum Gasteiger partial charge on any atom is 0.207 e. The molecule has 10 heavy (non-hydrogen) atoms. The summed E-state index contributed by atoms with van der Waals surface area (Å²) in [6.07, 6.45) is 0. The van der Waals surface area contributed by atoms with Gasteiger partial charge in [-0.05, 0) is 6.92 Å². The lowest BCUT2D eigenvalue weighted by Crippen LogP contribution is -2.13. The van der Waals surface area contributed by atoms with Crippen LogP contribution >= 0.6 is 23.7 Å². The largest absolute Gasteiger partial charge is 0.323 e. The normalized spacial score (nSPS) is 11.2. The first-order chi connectivity index (χ1) is 4.25. The Kier molecular flexibility index (Phi) is 3.46. The molecule has 0 aliphatic carbocycles. The highest BCUT2D eigenvalue weighted by Crippen LogP contribution is 1.94. The molecule has 1 aromatic heterocycles. The van der Waals surface area contributed by atoms with Gasteiger partial charge in [-0.2, -0.15) is 5.10 Å². The number of hydrogen-bond donors (Lipinski definition) is 1. The highest BCUT2D eigenvalue weighted by molar-refractivity contribution is 7.07. The average Bonchev–Trinajstić information content (AvgIpc) is 2.15. The van der Waals surface area contributed by atoms with Crippen molar-refractivity contribution in [2.75, 3.05) is 0 Å². The van der Waals surface area contributed by atoms with E-state index in [-0.39, 0.29) is 12.4 Å². The van der Waals surface area contributed by atoms with Gasteiger partial charge < -0.3 is 10.4 Å². The van der Waals surface area contributed by atoms with E-state index in [2.05, 4.69) is 5.10 Å². The van der Waals surface area contributed by atoms with E-state index in [1.54, 1.807) is 11.3 Å². The number of halogens is 1. The van der Waals surface area contributed by atoms with Crippen LogP contribution in [0.5, 0.6) is 0 Å². The van der Waals surface area contributed by atoms with Crippen molar-refractivity contribution in [3.05, 3.63) is 15.9 Å². The first-order valence-corrected chi connectivity index (χ1v) is 3.48. The lowest BCUT2D eigenvalue weighted by atomic mass is 10.6. The van der Waals surface area contributed by atoms with Gasteiger partial charge >= 0.3 is 0 Å². The Hall–Kier alpha value is -0.480. The highest BCUT2D eigenvalue weighted by atomic mass is 35.5. The molecule has 1 aromatic rings. The summed E-state index contributed by atoms with van der Waals surface area (Å²) < 4.78 is 1.95. The second-order valence-corrected chi connectivity index (χ2v) is 2.68. The van der Waals surface area contributed by atoms with E-state index >= 15 is 0 Å². The van der Waals surface area contributed by atoms with E-state index in [4.69, 9.17) is 5.84 Å². The Bertz CT molecular complexity index is 262. The summed E-state index contributed by atoms with van der Waals surface area (Å²) in [4.78, 5) is 0.854. The number of aromatic nitrogens is 1. The fraction of sp³-hybridized carbons (Fsp3) is 0.400. The molecule has 58 valence electrons. The van der Waals surface area contributed by atoms with Gasteiger partial charge in [-0.15, -0.1) is 23.7 Å². The number of hydrogen-bond acceptors (Lipinski definition) is 3. The Labute approximate surface area is 69.6 Å². The van der Waals surface area contributed by atoms with Crippen molar-refractivity contribution < 1.29 is 0 Å². The lowest BCUT2D eigenvalue weighted by molar-refractivity contribution is 0.820. The SMILES string of the molecule is Cc1cs/c(=N/N)n1C.Cl. The van der Waals surface area contributed by atoms with Crippen LogP contribution in [0.2, 0.25) is 0 Å². The topological polar surface area (TPSA) is 43.3 Å². The minimum absolute atomic E-state index is 0. The maximum atomic E-state index is 5.08. The fourth-order valence-corrected chi connectivity index (χ4v) is 1.36. The molecular formula is C5H10ClN3S. The van der Waals surface area contributed by atoms with Gasteiger partial charge in [0.25, 0.3) is 0 Å². The first kappa shape index (κ1) is 9.52. The van der Waals surface area contributed by atoms with Gasteiger partial charge in [-0.1, -0.05) is 0 Å². The molecule has 3 nitrogen and oxygen atoms in total. The van der Waals surface area contributed by atoms with Crippen LogP contribution in [0.4, 0.5) is 0 Å². The van der Waals surface area contributed by atoms with Crippen LogP contribution in [0, 0.1) is 6.92 Å². The van der Waals surface area contributed by atoms with Crippen LogP contribution < -0.4 is 10.6 Å². The molecule has 0 atom stereocenters. The predicted octanol–water partition coefficient (Wildman–Crippen LogP) is 0.591. The minimum atomic E-state index is 0. The van der Waals surface area contributed by atoms with Crippen molar-refractivity contribution in [3.8, 4) is 0 Å². The predicted molar refractivity (Wildman–Crippen MR) is 45.0 cm³/mol. The summed E-state index contributed by atoms with van der Waals surface area (Å²) >= 11 is 1.55. The molecule has 0 fully saturated rings. The molecule has 0 spiro atoms. The minimum Gasteiger partial charge on any atom is -0.323 e. The molecule has 1 rings (SSSR count). The maximum absolute atomic E-state index is 5.08. The molecule has 0 saturated heterocycles. The van der Waals surface area contributed by atoms with E-state index in [0.29, 0.717) is 0 Å². The molecule has 1 heterocycles. The van der Waals surface area contributed by atoms with Crippen LogP contribution in [0.25, 0.3) is 0 Å². The smallest absolute Gasteiger partial charge is 0.207 e. The summed E-state index contributed by atoms with van der Waals surface area (Å²) in [6, 6.07) is 0. The van der Waals surface area contributed by atoms with Crippen LogP contribution in [-0.2, 0) is 7.05 Å². The number of thiazole rings is 1. The zero-order valence-electron chi connectivity index (χ0n) is 5.87. The van der Waals surface area contributed by atoms with E-state index in [1.165, 1.54) is 5.69 Å². The highest BCUT2D eigenvalue weighted by Gasteiger charge is 1.91. The Balaban J connectivity index is 0.000000810. The van der Waals surface area contributed by atoms with Crippen molar-refractivity contribution in [1.29, 1.82) is 0 Å². The summed E-state index contributed by atoms with van der Waals surface area (Å²) in [5.74, 6) is 5.08. The number of aryl methyl sites for hydroxylation is 1. The zero-order chi connectivity index (χ0) is 6.85. The zero-order valence-corrected chi connectivity index (χ0v) is 7.50. The monoisotopic (exact) mass is 179 g/mol. The van der Waals surface area contributed by atoms with E-state index in [9.17, 15) is 0 Å². The molecule has 0 saturated carbocycles. The lowest BCUT2D eigenvalue weighted by Gasteiger charge is -1.90. The quantitative estimate of drug-likeness (QED) is 0.460. The van der Waals surface area contributed by atoms with Gasteiger partial charge in [-0.25, -0.2) is 0 Å². The molecule has 0 amide bonds. The molecule has 2 N–H and O–H groups in total. The molecule has 0 aromatic carbocycles. The number of nitrogens with zero attached hydrogens (tertiary/aromatic N) is 2. The van der Waals surface area contributed by atoms with Gasteiger partial charge in [0.1, 0.15) is 0 Å². The summed E-state index contributed by atoms with van der Waals surface area (Å²) in [5, 5.41) is 5.59. The van der Waals surface area contributed by atoms with E-state index in [0.717, 1.165) is 4.80 Å². The Morgan fingerprint density at radius 2 is 2.30 bits per heavy atom. The van der Waals surface area contributed by atoms with Crippen LogP contribution in [0.3, 0.4) is 0 Å². The summed E-state index contributed by atoms with van der Waals surface area (Å²) in [5.41, 5.74) is 1.18. The summed E-state index contributed by atoms with van der Waals surface area (Å²) in [7, 11) is 1.94. The van der Waals surface area contributed by atoms with Crippen LogP contribution in [-0.4, -0.2) is 4.57 Å². The Morgan fingerprint density at radius 3 is 2.50 bits per heavy atom. The number of rotatable bonds is 0.